The summed E-state index contributed by atoms with van der Waals surface area (Å²) in [5.74, 6) is 1.27. The van der Waals surface area contributed by atoms with Crippen LogP contribution in [0.2, 0.25) is 0 Å². The van der Waals surface area contributed by atoms with E-state index in [2.05, 4.69) is 27.1 Å². The Balaban J connectivity index is 1.51. The fourth-order valence-corrected chi connectivity index (χ4v) is 5.56. The summed E-state index contributed by atoms with van der Waals surface area (Å²) < 4.78 is 5.84. The van der Waals surface area contributed by atoms with Crippen molar-refractivity contribution < 1.29 is 4.42 Å². The number of benzene rings is 1. The molecule has 3 heterocycles. The third-order valence-electron chi connectivity index (χ3n) is 4.67. The highest BCUT2D eigenvalue weighted by Gasteiger charge is 2.24. The van der Waals surface area contributed by atoms with Crippen molar-refractivity contribution in [3.05, 3.63) is 47.1 Å². The van der Waals surface area contributed by atoms with E-state index in [-0.39, 0.29) is 0 Å². The van der Waals surface area contributed by atoms with Crippen molar-refractivity contribution in [1.82, 2.24) is 20.2 Å². The summed E-state index contributed by atoms with van der Waals surface area (Å²) in [6, 6.07) is 9.80. The van der Waals surface area contributed by atoms with Crippen LogP contribution in [-0.2, 0) is 12.8 Å². The molecule has 7 heteroatoms. The fourth-order valence-electron chi connectivity index (χ4n) is 3.35. The van der Waals surface area contributed by atoms with Gasteiger partial charge in [-0.1, -0.05) is 25.1 Å². The Morgan fingerprint density at radius 2 is 2.04 bits per heavy atom. The quantitative estimate of drug-likeness (QED) is 0.465. The molecule has 1 aromatic carbocycles. The van der Waals surface area contributed by atoms with Crippen molar-refractivity contribution in [3.8, 4) is 11.5 Å². The lowest BCUT2D eigenvalue weighted by molar-refractivity contribution is 0.465. The monoisotopic (exact) mass is 380 g/mol. The minimum absolute atomic E-state index is 0.507. The molecule has 0 aliphatic heterocycles. The van der Waals surface area contributed by atoms with Crippen molar-refractivity contribution in [2.45, 2.75) is 36.4 Å². The van der Waals surface area contributed by atoms with Gasteiger partial charge in [-0.3, -0.25) is 0 Å². The maximum Gasteiger partial charge on any atom is 0.283 e. The van der Waals surface area contributed by atoms with E-state index in [9.17, 15) is 0 Å². The maximum absolute atomic E-state index is 5.84. The zero-order valence-electron chi connectivity index (χ0n) is 14.2. The number of hydrogen-bond donors (Lipinski definition) is 0. The molecule has 0 spiro atoms. The van der Waals surface area contributed by atoms with E-state index in [4.69, 9.17) is 4.42 Å². The summed E-state index contributed by atoms with van der Waals surface area (Å²) in [4.78, 5) is 11.5. The Morgan fingerprint density at radius 3 is 2.92 bits per heavy atom. The second-order valence-electron chi connectivity index (χ2n) is 6.55. The molecule has 0 N–H and O–H groups in total. The Morgan fingerprint density at radius 1 is 1.15 bits per heavy atom. The highest BCUT2D eigenvalue weighted by Crippen LogP contribution is 2.42. The first kappa shape index (κ1) is 16.0. The molecule has 130 valence electrons. The highest BCUT2D eigenvalue weighted by molar-refractivity contribution is 7.99. The predicted octanol–water partition coefficient (Wildman–Crippen LogP) is 5.02. The second-order valence-corrected chi connectivity index (χ2v) is 8.58. The Hall–Kier alpha value is -2.25. The summed E-state index contributed by atoms with van der Waals surface area (Å²) in [7, 11) is 0. The van der Waals surface area contributed by atoms with Crippen LogP contribution >= 0.6 is 23.1 Å². The normalized spacial score (nSPS) is 16.7. The first-order chi connectivity index (χ1) is 12.8. The lowest BCUT2D eigenvalue weighted by Crippen LogP contribution is -2.08. The van der Waals surface area contributed by atoms with E-state index in [0.29, 0.717) is 11.1 Å². The minimum atomic E-state index is 0.507. The first-order valence-electron chi connectivity index (χ1n) is 8.60. The maximum atomic E-state index is 5.84. The number of rotatable bonds is 3. The first-order valence-corrected chi connectivity index (χ1v) is 10.2. The van der Waals surface area contributed by atoms with Gasteiger partial charge in [0.1, 0.15) is 16.2 Å². The van der Waals surface area contributed by atoms with Gasteiger partial charge in [-0.25, -0.2) is 9.97 Å². The van der Waals surface area contributed by atoms with Gasteiger partial charge in [-0.15, -0.1) is 21.5 Å². The smallest absolute Gasteiger partial charge is 0.283 e. The van der Waals surface area contributed by atoms with Crippen molar-refractivity contribution in [3.63, 3.8) is 0 Å². The minimum Gasteiger partial charge on any atom is -0.411 e. The average molecular weight is 380 g/mol. The van der Waals surface area contributed by atoms with Crippen LogP contribution in [0, 0.1) is 5.92 Å². The second kappa shape index (κ2) is 6.48. The summed E-state index contributed by atoms with van der Waals surface area (Å²) in [6.45, 7) is 2.32. The zero-order valence-corrected chi connectivity index (χ0v) is 15.8. The number of aromatic nitrogens is 4. The van der Waals surface area contributed by atoms with Crippen LogP contribution in [0.5, 0.6) is 0 Å². The average Bonchev–Trinajstić information content (AvgIpc) is 3.27. The van der Waals surface area contributed by atoms with Crippen molar-refractivity contribution in [2.75, 3.05) is 0 Å². The lowest BCUT2D eigenvalue weighted by atomic mass is 9.89. The molecule has 0 saturated heterocycles. The van der Waals surface area contributed by atoms with Crippen molar-refractivity contribution in [1.29, 1.82) is 0 Å². The van der Waals surface area contributed by atoms with Crippen molar-refractivity contribution in [2.24, 2.45) is 5.92 Å². The molecule has 1 unspecified atom stereocenters. The fraction of sp³-hybridized carbons (Fsp3) is 0.263. The molecule has 0 bridgehead atoms. The lowest BCUT2D eigenvalue weighted by Gasteiger charge is -2.17. The number of nitrogens with zero attached hydrogens (tertiary/aromatic N) is 4. The van der Waals surface area contributed by atoms with Crippen LogP contribution < -0.4 is 0 Å². The zero-order chi connectivity index (χ0) is 17.5. The van der Waals surface area contributed by atoms with Gasteiger partial charge in [0.05, 0.1) is 0 Å². The van der Waals surface area contributed by atoms with Gasteiger partial charge in [0.2, 0.25) is 5.89 Å². The molecule has 3 aromatic heterocycles. The van der Waals surface area contributed by atoms with Crippen LogP contribution in [0.15, 0.2) is 51.3 Å². The van der Waals surface area contributed by atoms with Crippen molar-refractivity contribution >= 4 is 33.3 Å². The molecule has 0 amide bonds. The molecule has 1 atom stereocenters. The van der Waals surface area contributed by atoms with E-state index >= 15 is 0 Å². The van der Waals surface area contributed by atoms with Crippen LogP contribution in [-0.4, -0.2) is 20.2 Å². The molecule has 4 aromatic rings. The molecule has 0 radical (unpaired) electrons. The Labute approximate surface area is 158 Å². The predicted molar refractivity (Wildman–Crippen MR) is 102 cm³/mol. The van der Waals surface area contributed by atoms with Crippen LogP contribution in [0.25, 0.3) is 21.7 Å². The van der Waals surface area contributed by atoms with E-state index in [1.807, 2.05) is 30.3 Å². The van der Waals surface area contributed by atoms with E-state index < -0.39 is 0 Å². The molecule has 1 aliphatic carbocycles. The standard InChI is InChI=1S/C19H16N4OS2/c1-11-7-8-13-14(9-11)25-17-15(13)18(21-10-20-17)26-19-23-22-16(24-19)12-5-3-2-4-6-12/h2-6,10-11H,7-9H2,1H3. The molecule has 5 nitrogen and oxygen atoms in total. The van der Waals surface area contributed by atoms with Gasteiger partial charge in [0, 0.05) is 15.8 Å². The summed E-state index contributed by atoms with van der Waals surface area (Å²) in [6.07, 6.45) is 5.08. The Kier molecular flexibility index (Phi) is 3.98. The Bertz CT molecular complexity index is 1070. The highest BCUT2D eigenvalue weighted by atomic mass is 32.2. The largest absolute Gasteiger partial charge is 0.411 e. The van der Waals surface area contributed by atoms with Gasteiger partial charge in [-0.2, -0.15) is 0 Å². The van der Waals surface area contributed by atoms with E-state index in [0.717, 1.165) is 34.2 Å². The van der Waals surface area contributed by atoms with Gasteiger partial charge in [-0.05, 0) is 54.6 Å². The number of aryl methyl sites for hydroxylation is 1. The summed E-state index contributed by atoms with van der Waals surface area (Å²) >= 11 is 3.23. The van der Waals surface area contributed by atoms with Crippen LogP contribution in [0.4, 0.5) is 0 Å². The van der Waals surface area contributed by atoms with Gasteiger partial charge in [0.15, 0.2) is 0 Å². The van der Waals surface area contributed by atoms with Gasteiger partial charge >= 0.3 is 0 Å². The number of fused-ring (bicyclic) bond motifs is 3. The number of thiophene rings is 1. The SMILES string of the molecule is CC1CCc2c(sc3ncnc(Sc4nnc(-c5ccccc5)o4)c23)C1. The molecule has 1 aliphatic rings. The van der Waals surface area contributed by atoms with Crippen LogP contribution in [0.3, 0.4) is 0 Å². The topological polar surface area (TPSA) is 64.7 Å². The van der Waals surface area contributed by atoms with E-state index in [1.165, 1.54) is 34.0 Å². The number of hydrogen-bond acceptors (Lipinski definition) is 7. The third kappa shape index (κ3) is 2.81. The van der Waals surface area contributed by atoms with E-state index in [1.54, 1.807) is 17.7 Å². The molecular formula is C19H16N4OS2. The molecule has 0 fully saturated rings. The van der Waals surface area contributed by atoms with Gasteiger partial charge in [0.25, 0.3) is 5.22 Å². The molecule has 5 rings (SSSR count). The van der Waals surface area contributed by atoms with Crippen LogP contribution in [0.1, 0.15) is 23.8 Å². The molecular weight excluding hydrogens is 364 g/mol. The summed E-state index contributed by atoms with van der Waals surface area (Å²) in [5.41, 5.74) is 2.33. The molecule has 26 heavy (non-hydrogen) atoms. The third-order valence-corrected chi connectivity index (χ3v) is 6.67. The van der Waals surface area contributed by atoms with Gasteiger partial charge < -0.3 is 4.42 Å². The molecule has 0 saturated carbocycles. The summed E-state index contributed by atoms with van der Waals surface area (Å²) in [5, 5.41) is 10.9.